The number of aromatic carboxylic acids is 1. The van der Waals surface area contributed by atoms with Crippen LogP contribution in [0, 0.1) is 5.92 Å². The van der Waals surface area contributed by atoms with Crippen LogP contribution in [0.3, 0.4) is 0 Å². The second-order valence-corrected chi connectivity index (χ2v) is 8.25. The molecule has 33 heavy (non-hydrogen) atoms. The zero-order valence-corrected chi connectivity index (χ0v) is 19.9. The minimum Gasteiger partial charge on any atom is -0.493 e. The lowest BCUT2D eigenvalue weighted by molar-refractivity contribution is 0.0697. The lowest BCUT2D eigenvalue weighted by Gasteiger charge is -2.13. The summed E-state index contributed by atoms with van der Waals surface area (Å²) in [5.74, 6) is 1.20. The van der Waals surface area contributed by atoms with Crippen LogP contribution in [0.25, 0.3) is 22.5 Å². The second-order valence-electron chi connectivity index (χ2n) is 8.25. The van der Waals surface area contributed by atoms with E-state index in [1.54, 1.807) is 32.4 Å². The molecule has 0 spiro atoms. The van der Waals surface area contributed by atoms with Gasteiger partial charge in [-0.25, -0.2) is 4.79 Å². The molecule has 0 saturated carbocycles. The Balaban J connectivity index is 2.19. The zero-order valence-electron chi connectivity index (χ0n) is 19.9. The summed E-state index contributed by atoms with van der Waals surface area (Å²) in [4.78, 5) is 11.7. The van der Waals surface area contributed by atoms with E-state index in [1.807, 2.05) is 28.9 Å². The minimum atomic E-state index is -0.994. The molecule has 0 amide bonds. The van der Waals surface area contributed by atoms with Crippen molar-refractivity contribution in [1.29, 1.82) is 0 Å². The highest BCUT2D eigenvalue weighted by molar-refractivity contribution is 5.90. The number of unbranched alkanes of at least 4 members (excludes halogenated alkanes) is 1. The highest BCUT2D eigenvalue weighted by Gasteiger charge is 2.20. The molecule has 0 aliphatic rings. The Morgan fingerprint density at radius 2 is 1.85 bits per heavy atom. The first-order valence-electron chi connectivity index (χ1n) is 11.2. The molecule has 1 aromatic heterocycles. The summed E-state index contributed by atoms with van der Waals surface area (Å²) in [6.45, 7) is 7.50. The molecule has 1 N–H and O–H groups in total. The van der Waals surface area contributed by atoms with Crippen LogP contribution in [-0.4, -0.2) is 41.7 Å². The number of aromatic nitrogens is 2. The SMILES string of the molecule is CCCCn1nc(-c2cc(C(=O)O)ccc2OCC(C)C)cc1-c1cccc(OC)c1OC. The predicted molar refractivity (Wildman–Crippen MR) is 128 cm³/mol. The quantitative estimate of drug-likeness (QED) is 0.398. The monoisotopic (exact) mass is 452 g/mol. The Labute approximate surface area is 194 Å². The summed E-state index contributed by atoms with van der Waals surface area (Å²) >= 11 is 0. The van der Waals surface area contributed by atoms with Crippen LogP contribution in [0.5, 0.6) is 17.2 Å². The topological polar surface area (TPSA) is 82.8 Å². The maximum absolute atomic E-state index is 11.7. The summed E-state index contributed by atoms with van der Waals surface area (Å²) in [5.41, 5.74) is 3.20. The number of carboxylic acid groups (broad SMARTS) is 1. The van der Waals surface area contributed by atoms with Crippen molar-refractivity contribution in [1.82, 2.24) is 9.78 Å². The van der Waals surface area contributed by atoms with E-state index in [4.69, 9.17) is 19.3 Å². The fourth-order valence-electron chi connectivity index (χ4n) is 3.58. The molecule has 1 heterocycles. The number of aryl methyl sites for hydroxylation is 1. The van der Waals surface area contributed by atoms with Crippen molar-refractivity contribution in [3.63, 3.8) is 0 Å². The average Bonchev–Trinajstić information content (AvgIpc) is 3.24. The maximum Gasteiger partial charge on any atom is 0.335 e. The molecule has 176 valence electrons. The fourth-order valence-corrected chi connectivity index (χ4v) is 3.58. The molecule has 7 heteroatoms. The van der Waals surface area contributed by atoms with E-state index in [0.717, 1.165) is 24.1 Å². The van der Waals surface area contributed by atoms with Gasteiger partial charge in [-0.2, -0.15) is 5.10 Å². The number of methoxy groups -OCH3 is 2. The highest BCUT2D eigenvalue weighted by Crippen LogP contribution is 2.40. The molecule has 0 aliphatic carbocycles. The Morgan fingerprint density at radius 3 is 2.48 bits per heavy atom. The predicted octanol–water partition coefficient (Wildman–Crippen LogP) is 5.77. The number of para-hydroxylation sites is 1. The number of carboxylic acids is 1. The molecule has 7 nitrogen and oxygen atoms in total. The van der Waals surface area contributed by atoms with Crippen molar-refractivity contribution in [3.05, 3.63) is 48.0 Å². The van der Waals surface area contributed by atoms with Crippen molar-refractivity contribution in [3.8, 4) is 39.8 Å². The van der Waals surface area contributed by atoms with Gasteiger partial charge in [0.05, 0.1) is 37.8 Å². The normalized spacial score (nSPS) is 11.0. The lowest BCUT2D eigenvalue weighted by atomic mass is 10.0. The van der Waals surface area contributed by atoms with Crippen LogP contribution in [0.2, 0.25) is 0 Å². The van der Waals surface area contributed by atoms with Gasteiger partial charge in [0.2, 0.25) is 0 Å². The fraction of sp³-hybridized carbons (Fsp3) is 0.385. The number of carbonyl (C=O) groups is 1. The van der Waals surface area contributed by atoms with Gasteiger partial charge in [0.1, 0.15) is 5.75 Å². The molecule has 3 rings (SSSR count). The molecule has 2 aromatic carbocycles. The number of nitrogens with zero attached hydrogens (tertiary/aromatic N) is 2. The summed E-state index contributed by atoms with van der Waals surface area (Å²) < 4.78 is 19.1. The Hall–Kier alpha value is -3.48. The van der Waals surface area contributed by atoms with E-state index < -0.39 is 5.97 Å². The number of hydrogen-bond donors (Lipinski definition) is 1. The largest absolute Gasteiger partial charge is 0.493 e. The smallest absolute Gasteiger partial charge is 0.335 e. The Morgan fingerprint density at radius 1 is 1.06 bits per heavy atom. The van der Waals surface area contributed by atoms with Gasteiger partial charge >= 0.3 is 5.97 Å². The Bertz CT molecular complexity index is 1100. The third-order valence-electron chi connectivity index (χ3n) is 5.26. The van der Waals surface area contributed by atoms with Gasteiger partial charge in [-0.15, -0.1) is 0 Å². The molecule has 0 unspecified atom stereocenters. The Kier molecular flexibility index (Phi) is 7.98. The summed E-state index contributed by atoms with van der Waals surface area (Å²) in [5, 5.41) is 14.4. The minimum absolute atomic E-state index is 0.186. The van der Waals surface area contributed by atoms with Gasteiger partial charge in [-0.3, -0.25) is 4.68 Å². The van der Waals surface area contributed by atoms with Crippen molar-refractivity contribution in [2.75, 3.05) is 20.8 Å². The first-order chi connectivity index (χ1) is 15.9. The molecule has 3 aromatic rings. The average molecular weight is 453 g/mol. The van der Waals surface area contributed by atoms with E-state index in [-0.39, 0.29) is 5.56 Å². The van der Waals surface area contributed by atoms with Gasteiger partial charge in [0, 0.05) is 17.7 Å². The van der Waals surface area contributed by atoms with Crippen molar-refractivity contribution in [2.45, 2.75) is 40.2 Å². The molecule has 0 bridgehead atoms. The van der Waals surface area contributed by atoms with Gasteiger partial charge in [-0.05, 0) is 48.7 Å². The van der Waals surface area contributed by atoms with Crippen molar-refractivity contribution >= 4 is 5.97 Å². The standard InChI is InChI=1S/C26H32N2O5/c1-6-7-13-28-22(19-9-8-10-24(31-4)25(19)32-5)15-21(27-28)20-14-18(26(29)30)11-12-23(20)33-16-17(2)3/h8-12,14-15,17H,6-7,13,16H2,1-5H3,(H,29,30). The number of ether oxygens (including phenoxy) is 3. The number of rotatable bonds is 11. The van der Waals surface area contributed by atoms with E-state index in [2.05, 4.69) is 20.8 Å². The van der Waals surface area contributed by atoms with E-state index in [1.165, 1.54) is 0 Å². The number of benzene rings is 2. The van der Waals surface area contributed by atoms with Gasteiger partial charge < -0.3 is 19.3 Å². The third-order valence-corrected chi connectivity index (χ3v) is 5.26. The van der Waals surface area contributed by atoms with Crippen LogP contribution in [0.1, 0.15) is 44.0 Å². The van der Waals surface area contributed by atoms with Gasteiger partial charge in [-0.1, -0.05) is 33.3 Å². The second kappa shape index (κ2) is 10.9. The molecule has 0 aliphatic heterocycles. The lowest BCUT2D eigenvalue weighted by Crippen LogP contribution is -2.07. The summed E-state index contributed by atoms with van der Waals surface area (Å²) in [7, 11) is 3.22. The molecular weight excluding hydrogens is 420 g/mol. The maximum atomic E-state index is 11.7. The summed E-state index contributed by atoms with van der Waals surface area (Å²) in [6.07, 6.45) is 1.97. The third kappa shape index (κ3) is 5.48. The van der Waals surface area contributed by atoms with Crippen molar-refractivity contribution in [2.24, 2.45) is 5.92 Å². The van der Waals surface area contributed by atoms with E-state index in [0.29, 0.717) is 47.6 Å². The molecule has 0 saturated heterocycles. The van der Waals surface area contributed by atoms with E-state index in [9.17, 15) is 9.90 Å². The molecule has 0 atom stereocenters. The van der Waals surface area contributed by atoms with Crippen LogP contribution < -0.4 is 14.2 Å². The van der Waals surface area contributed by atoms with E-state index >= 15 is 0 Å². The highest BCUT2D eigenvalue weighted by atomic mass is 16.5. The first kappa shape index (κ1) is 24.2. The van der Waals surface area contributed by atoms with Crippen LogP contribution >= 0.6 is 0 Å². The van der Waals surface area contributed by atoms with Crippen LogP contribution in [-0.2, 0) is 6.54 Å². The van der Waals surface area contributed by atoms with Crippen molar-refractivity contribution < 1.29 is 24.1 Å². The first-order valence-corrected chi connectivity index (χ1v) is 11.2. The molecular formula is C26H32N2O5. The summed E-state index contributed by atoms with van der Waals surface area (Å²) in [6, 6.07) is 12.6. The molecule has 0 fully saturated rings. The zero-order chi connectivity index (χ0) is 24.0. The number of hydrogen-bond acceptors (Lipinski definition) is 5. The van der Waals surface area contributed by atoms with Crippen LogP contribution in [0.4, 0.5) is 0 Å². The van der Waals surface area contributed by atoms with Gasteiger partial charge in [0.25, 0.3) is 0 Å². The van der Waals surface area contributed by atoms with Gasteiger partial charge in [0.15, 0.2) is 11.5 Å². The molecule has 0 radical (unpaired) electrons. The van der Waals surface area contributed by atoms with Crippen LogP contribution in [0.15, 0.2) is 42.5 Å².